The number of rotatable bonds is 6. The molecular formula is C42H28N2S3. The Labute approximate surface area is 286 Å². The number of benzene rings is 7. The van der Waals surface area contributed by atoms with Gasteiger partial charge in [0.2, 0.25) is 0 Å². The van der Waals surface area contributed by atoms with E-state index < -0.39 is 0 Å². The molecule has 1 aliphatic heterocycles. The first-order chi connectivity index (χ1) is 23.3. The van der Waals surface area contributed by atoms with E-state index in [1.807, 2.05) is 34.9 Å². The standard InChI is InChI=1S/C42H28N2S3/c1-4-14-29(15-5-1)43(30-16-6-2-7-17-30)35-26-27-39-42(47-38-23-13-12-22-37(38)46-39)41(35)44(31-18-8-3-9-19-31)32-24-25-34-33-20-10-11-21-36(33)45-40(34)28-32/h1-28H. The van der Waals surface area contributed by atoms with Crippen molar-refractivity contribution in [3.05, 3.63) is 170 Å². The molecule has 0 bridgehead atoms. The van der Waals surface area contributed by atoms with Gasteiger partial charge in [0.25, 0.3) is 0 Å². The van der Waals surface area contributed by atoms with Crippen LogP contribution in [0, 0.1) is 0 Å². The summed E-state index contributed by atoms with van der Waals surface area (Å²) in [4.78, 5) is 9.96. The molecule has 47 heavy (non-hydrogen) atoms. The summed E-state index contributed by atoms with van der Waals surface area (Å²) in [5, 5.41) is 2.61. The quantitative estimate of drug-likeness (QED) is 0.176. The molecule has 0 aliphatic carbocycles. The Morgan fingerprint density at radius 1 is 0.362 bits per heavy atom. The van der Waals surface area contributed by atoms with Gasteiger partial charge in [-0.15, -0.1) is 11.3 Å². The zero-order chi connectivity index (χ0) is 31.2. The van der Waals surface area contributed by atoms with Crippen LogP contribution in [0.5, 0.6) is 0 Å². The number of hydrogen-bond donors (Lipinski definition) is 0. The lowest BCUT2D eigenvalue weighted by molar-refractivity contribution is 1.11. The predicted molar refractivity (Wildman–Crippen MR) is 203 cm³/mol. The molecule has 8 aromatic rings. The van der Waals surface area contributed by atoms with Gasteiger partial charge in [-0.3, -0.25) is 0 Å². The highest BCUT2D eigenvalue weighted by Crippen LogP contribution is 2.58. The molecule has 224 valence electrons. The molecular weight excluding hydrogens is 629 g/mol. The van der Waals surface area contributed by atoms with E-state index in [2.05, 4.69) is 180 Å². The minimum absolute atomic E-state index is 1.11. The molecule has 1 aromatic heterocycles. The Hall–Kier alpha value is -4.94. The van der Waals surface area contributed by atoms with Gasteiger partial charge >= 0.3 is 0 Å². The summed E-state index contributed by atoms with van der Waals surface area (Å²) in [5.41, 5.74) is 6.76. The second-order valence-electron chi connectivity index (χ2n) is 11.4. The number of anilines is 6. The highest BCUT2D eigenvalue weighted by Gasteiger charge is 2.30. The Morgan fingerprint density at radius 3 is 1.60 bits per heavy atom. The number of fused-ring (bicyclic) bond motifs is 5. The lowest BCUT2D eigenvalue weighted by Crippen LogP contribution is -2.18. The van der Waals surface area contributed by atoms with Crippen LogP contribution in [0.3, 0.4) is 0 Å². The van der Waals surface area contributed by atoms with Crippen molar-refractivity contribution < 1.29 is 0 Å². The Bertz CT molecular complexity index is 2330. The second kappa shape index (κ2) is 12.0. The third-order valence-electron chi connectivity index (χ3n) is 8.48. The molecule has 5 heteroatoms. The largest absolute Gasteiger partial charge is 0.308 e. The molecule has 7 aromatic carbocycles. The van der Waals surface area contributed by atoms with Crippen LogP contribution in [-0.4, -0.2) is 0 Å². The van der Waals surface area contributed by atoms with Crippen molar-refractivity contribution in [2.45, 2.75) is 19.6 Å². The SMILES string of the molecule is c1ccc(N(c2ccccc2)c2ccc3c(c2N(c2ccccc2)c2ccc4c(c2)sc2ccccc24)Sc2ccccc2S3)cc1. The summed E-state index contributed by atoms with van der Waals surface area (Å²) >= 11 is 5.59. The van der Waals surface area contributed by atoms with Gasteiger partial charge in [0.15, 0.2) is 0 Å². The average Bonchev–Trinajstić information content (AvgIpc) is 3.51. The van der Waals surface area contributed by atoms with Gasteiger partial charge in [-0.25, -0.2) is 0 Å². The minimum Gasteiger partial charge on any atom is -0.308 e. The van der Waals surface area contributed by atoms with Gasteiger partial charge in [-0.2, -0.15) is 0 Å². The summed E-state index contributed by atoms with van der Waals surface area (Å²) in [6.07, 6.45) is 0. The summed E-state index contributed by atoms with van der Waals surface area (Å²) in [6, 6.07) is 61.3. The normalized spacial score (nSPS) is 12.1. The van der Waals surface area contributed by atoms with E-state index >= 15 is 0 Å². The van der Waals surface area contributed by atoms with Crippen molar-refractivity contribution in [1.82, 2.24) is 0 Å². The maximum absolute atomic E-state index is 2.47. The van der Waals surface area contributed by atoms with Crippen LogP contribution in [0.4, 0.5) is 34.1 Å². The molecule has 2 nitrogen and oxygen atoms in total. The highest BCUT2D eigenvalue weighted by molar-refractivity contribution is 8.05. The van der Waals surface area contributed by atoms with Crippen molar-refractivity contribution in [2.75, 3.05) is 9.80 Å². The van der Waals surface area contributed by atoms with E-state index in [1.54, 1.807) is 0 Å². The van der Waals surface area contributed by atoms with Crippen LogP contribution in [0.25, 0.3) is 20.2 Å². The van der Waals surface area contributed by atoms with Gasteiger partial charge in [0.05, 0.1) is 16.3 Å². The molecule has 9 rings (SSSR count). The maximum Gasteiger partial charge on any atom is 0.0855 e. The minimum atomic E-state index is 1.11. The molecule has 0 fully saturated rings. The molecule has 1 aliphatic rings. The van der Waals surface area contributed by atoms with Crippen LogP contribution in [0.15, 0.2) is 189 Å². The first kappa shape index (κ1) is 28.3. The lowest BCUT2D eigenvalue weighted by atomic mass is 10.1. The van der Waals surface area contributed by atoms with Crippen molar-refractivity contribution in [2.24, 2.45) is 0 Å². The van der Waals surface area contributed by atoms with Gasteiger partial charge in [-0.05, 0) is 78.9 Å². The molecule has 0 N–H and O–H groups in total. The van der Waals surface area contributed by atoms with Gasteiger partial charge in [0, 0.05) is 57.6 Å². The van der Waals surface area contributed by atoms with Crippen LogP contribution < -0.4 is 9.80 Å². The van der Waals surface area contributed by atoms with E-state index in [4.69, 9.17) is 0 Å². The zero-order valence-corrected chi connectivity index (χ0v) is 27.7. The number of para-hydroxylation sites is 3. The molecule has 0 amide bonds. The summed E-state index contributed by atoms with van der Waals surface area (Å²) in [7, 11) is 0. The Balaban J connectivity index is 1.35. The topological polar surface area (TPSA) is 6.48 Å². The average molecular weight is 657 g/mol. The fraction of sp³-hybridized carbons (Fsp3) is 0. The Morgan fingerprint density at radius 2 is 0.915 bits per heavy atom. The number of nitrogens with zero attached hydrogens (tertiary/aromatic N) is 2. The smallest absolute Gasteiger partial charge is 0.0855 e. The van der Waals surface area contributed by atoms with Crippen LogP contribution in [0.2, 0.25) is 0 Å². The van der Waals surface area contributed by atoms with Crippen molar-refractivity contribution in [3.8, 4) is 0 Å². The van der Waals surface area contributed by atoms with E-state index in [-0.39, 0.29) is 0 Å². The van der Waals surface area contributed by atoms with Crippen LogP contribution >= 0.6 is 34.9 Å². The maximum atomic E-state index is 2.47. The fourth-order valence-electron chi connectivity index (χ4n) is 6.38. The number of hydrogen-bond acceptors (Lipinski definition) is 5. The van der Waals surface area contributed by atoms with Gasteiger partial charge in [-0.1, -0.05) is 115 Å². The third kappa shape index (κ3) is 5.08. The van der Waals surface area contributed by atoms with Crippen molar-refractivity contribution in [3.63, 3.8) is 0 Å². The molecule has 0 saturated heterocycles. The highest BCUT2D eigenvalue weighted by atomic mass is 32.2. The van der Waals surface area contributed by atoms with E-state index in [1.165, 1.54) is 39.8 Å². The predicted octanol–water partition coefficient (Wildman–Crippen LogP) is 13.6. The van der Waals surface area contributed by atoms with Gasteiger partial charge in [0.1, 0.15) is 0 Å². The van der Waals surface area contributed by atoms with Crippen molar-refractivity contribution >= 4 is 89.2 Å². The monoisotopic (exact) mass is 656 g/mol. The zero-order valence-electron chi connectivity index (χ0n) is 25.3. The van der Waals surface area contributed by atoms with E-state index in [9.17, 15) is 0 Å². The van der Waals surface area contributed by atoms with Crippen LogP contribution in [-0.2, 0) is 0 Å². The van der Waals surface area contributed by atoms with E-state index in [0.717, 1.165) is 34.1 Å². The Kier molecular flexibility index (Phi) is 7.23. The second-order valence-corrected chi connectivity index (χ2v) is 14.6. The summed E-state index contributed by atoms with van der Waals surface area (Å²) in [6.45, 7) is 0. The summed E-state index contributed by atoms with van der Waals surface area (Å²) in [5.74, 6) is 0. The number of thiophene rings is 1. The third-order valence-corrected chi connectivity index (χ3v) is 12.2. The molecule has 0 radical (unpaired) electrons. The molecule has 0 atom stereocenters. The van der Waals surface area contributed by atoms with Gasteiger partial charge < -0.3 is 9.80 Å². The molecule has 0 unspecified atom stereocenters. The first-order valence-electron chi connectivity index (χ1n) is 15.6. The molecule has 0 saturated carbocycles. The summed E-state index contributed by atoms with van der Waals surface area (Å²) < 4.78 is 2.60. The fourth-order valence-corrected chi connectivity index (χ4v) is 9.90. The first-order valence-corrected chi connectivity index (χ1v) is 18.1. The lowest BCUT2D eigenvalue weighted by Gasteiger charge is -2.36. The van der Waals surface area contributed by atoms with Crippen molar-refractivity contribution in [1.29, 1.82) is 0 Å². The molecule has 0 spiro atoms. The molecule has 2 heterocycles. The van der Waals surface area contributed by atoms with Crippen LogP contribution in [0.1, 0.15) is 0 Å². The van der Waals surface area contributed by atoms with E-state index in [0.29, 0.717) is 0 Å².